The molecule has 1 aliphatic rings. The number of aliphatic hydroxyl groups is 1. The molecular formula is C24H23NO8S. The summed E-state index contributed by atoms with van der Waals surface area (Å²) in [5.74, 6) is -1.31. The van der Waals surface area contributed by atoms with Crippen molar-refractivity contribution in [1.82, 2.24) is 4.98 Å². The van der Waals surface area contributed by atoms with Gasteiger partial charge >= 0.3 is 17.9 Å². The number of thioether (sulfide) groups is 1. The normalized spacial score (nSPS) is 24.4. The van der Waals surface area contributed by atoms with Gasteiger partial charge in [0.15, 0.2) is 29.0 Å². The highest BCUT2D eigenvalue weighted by Gasteiger charge is 2.55. The van der Waals surface area contributed by atoms with Crippen LogP contribution in [0.5, 0.6) is 0 Å². The number of aromatic nitrogens is 1. The van der Waals surface area contributed by atoms with Crippen LogP contribution in [0.3, 0.4) is 0 Å². The van der Waals surface area contributed by atoms with E-state index in [4.69, 9.17) is 18.6 Å². The first-order valence-corrected chi connectivity index (χ1v) is 11.5. The summed E-state index contributed by atoms with van der Waals surface area (Å²) in [6.07, 6.45) is -2.04. The topological polar surface area (TPSA) is 125 Å². The second-order valence-electron chi connectivity index (χ2n) is 7.84. The summed E-state index contributed by atoms with van der Waals surface area (Å²) >= 11 is 1.00. The summed E-state index contributed by atoms with van der Waals surface area (Å²) < 4.78 is 21.9. The zero-order valence-electron chi connectivity index (χ0n) is 18.7. The minimum absolute atomic E-state index is 0.0944. The van der Waals surface area contributed by atoms with E-state index in [1.807, 2.05) is 30.3 Å². The van der Waals surface area contributed by atoms with Crippen molar-refractivity contribution < 1.29 is 38.1 Å². The largest absolute Gasteiger partial charge is 0.458 e. The Bertz CT molecular complexity index is 1190. The SMILES string of the molecule is CC(=O)O[C@@H]1[C@@H](OC(C)=O)[C@@](O)(c2ccc(-c3cc4ccccc4o3)nc2)SC[C@H]1OC(C)=O. The Balaban J connectivity index is 1.69. The number of carbonyl (C=O) groups is 3. The van der Waals surface area contributed by atoms with Crippen LogP contribution in [0.25, 0.3) is 22.4 Å². The Morgan fingerprint density at radius 2 is 1.74 bits per heavy atom. The van der Waals surface area contributed by atoms with E-state index in [1.54, 1.807) is 12.1 Å². The molecule has 0 aliphatic carbocycles. The average Bonchev–Trinajstić information content (AvgIpc) is 3.22. The van der Waals surface area contributed by atoms with Crippen molar-refractivity contribution in [3.63, 3.8) is 0 Å². The molecule has 4 rings (SSSR count). The van der Waals surface area contributed by atoms with Gasteiger partial charge in [0.25, 0.3) is 0 Å². The lowest BCUT2D eigenvalue weighted by atomic mass is 9.96. The molecule has 0 bridgehead atoms. The Hall–Kier alpha value is -3.37. The fourth-order valence-electron chi connectivity index (χ4n) is 3.88. The van der Waals surface area contributed by atoms with Crippen molar-refractivity contribution >= 4 is 40.6 Å². The molecule has 0 radical (unpaired) electrons. The van der Waals surface area contributed by atoms with Crippen molar-refractivity contribution in [3.05, 3.63) is 54.2 Å². The number of fused-ring (bicyclic) bond motifs is 1. The number of hydrogen-bond acceptors (Lipinski definition) is 10. The molecule has 0 spiro atoms. The van der Waals surface area contributed by atoms with Crippen LogP contribution in [0.15, 0.2) is 53.1 Å². The van der Waals surface area contributed by atoms with E-state index in [2.05, 4.69) is 4.98 Å². The number of ether oxygens (including phenoxy) is 3. The molecule has 1 fully saturated rings. The number of pyridine rings is 1. The van der Waals surface area contributed by atoms with Gasteiger partial charge < -0.3 is 23.7 Å². The highest BCUT2D eigenvalue weighted by molar-refractivity contribution is 8.00. The third-order valence-electron chi connectivity index (χ3n) is 5.29. The molecule has 34 heavy (non-hydrogen) atoms. The number of para-hydroxylation sites is 1. The third kappa shape index (κ3) is 4.78. The Labute approximate surface area is 199 Å². The fraction of sp³-hybridized carbons (Fsp3) is 0.333. The summed E-state index contributed by atoms with van der Waals surface area (Å²) in [4.78, 5) is 37.9. The predicted octanol–water partition coefficient (Wildman–Crippen LogP) is 3.18. The second-order valence-corrected chi connectivity index (χ2v) is 9.08. The number of hydrogen-bond donors (Lipinski definition) is 1. The Morgan fingerprint density at radius 3 is 2.35 bits per heavy atom. The van der Waals surface area contributed by atoms with Crippen molar-refractivity contribution in [3.8, 4) is 11.5 Å². The van der Waals surface area contributed by atoms with E-state index in [1.165, 1.54) is 27.0 Å². The molecule has 0 amide bonds. The number of benzene rings is 1. The smallest absolute Gasteiger partial charge is 0.303 e. The number of rotatable bonds is 5. The first kappa shape index (κ1) is 23.8. The molecule has 1 aromatic carbocycles. The first-order valence-electron chi connectivity index (χ1n) is 10.5. The van der Waals surface area contributed by atoms with Crippen LogP contribution in [0.2, 0.25) is 0 Å². The molecule has 9 nitrogen and oxygen atoms in total. The second kappa shape index (κ2) is 9.47. The van der Waals surface area contributed by atoms with E-state index in [-0.39, 0.29) is 5.75 Å². The Morgan fingerprint density at radius 1 is 1.03 bits per heavy atom. The van der Waals surface area contributed by atoms with Gasteiger partial charge in [0.05, 0.1) is 0 Å². The maximum absolute atomic E-state index is 11.9. The van der Waals surface area contributed by atoms with E-state index in [0.29, 0.717) is 17.0 Å². The Kier molecular flexibility index (Phi) is 6.63. The maximum atomic E-state index is 11.9. The van der Waals surface area contributed by atoms with E-state index < -0.39 is 41.2 Å². The number of nitrogens with zero attached hydrogens (tertiary/aromatic N) is 1. The number of esters is 3. The van der Waals surface area contributed by atoms with Crippen LogP contribution in [0, 0.1) is 0 Å². The van der Waals surface area contributed by atoms with Gasteiger partial charge in [-0.25, -0.2) is 0 Å². The molecule has 3 aromatic rings. The van der Waals surface area contributed by atoms with Gasteiger partial charge in [-0.15, -0.1) is 11.8 Å². The van der Waals surface area contributed by atoms with Crippen LogP contribution < -0.4 is 0 Å². The van der Waals surface area contributed by atoms with Gasteiger partial charge in [0.1, 0.15) is 11.3 Å². The maximum Gasteiger partial charge on any atom is 0.303 e. The minimum atomic E-state index is -1.82. The molecule has 178 valence electrons. The summed E-state index contributed by atoms with van der Waals surface area (Å²) in [6, 6.07) is 12.7. The molecule has 4 atom stereocenters. The van der Waals surface area contributed by atoms with Crippen LogP contribution in [-0.4, -0.2) is 52.1 Å². The zero-order chi connectivity index (χ0) is 24.5. The molecule has 0 unspecified atom stereocenters. The summed E-state index contributed by atoms with van der Waals surface area (Å²) in [5, 5.41) is 12.6. The molecule has 3 heterocycles. The lowest BCUT2D eigenvalue weighted by Crippen LogP contribution is -2.58. The summed E-state index contributed by atoms with van der Waals surface area (Å²) in [6.45, 7) is 3.58. The highest BCUT2D eigenvalue weighted by Crippen LogP contribution is 2.46. The van der Waals surface area contributed by atoms with Crippen LogP contribution in [0.1, 0.15) is 26.3 Å². The molecule has 0 saturated carbocycles. The van der Waals surface area contributed by atoms with Crippen LogP contribution in [-0.2, 0) is 33.5 Å². The van der Waals surface area contributed by atoms with Crippen molar-refractivity contribution in [2.45, 2.75) is 44.0 Å². The highest BCUT2D eigenvalue weighted by atomic mass is 32.2. The summed E-state index contributed by atoms with van der Waals surface area (Å²) in [7, 11) is 0. The molecule has 1 saturated heterocycles. The van der Waals surface area contributed by atoms with E-state index >= 15 is 0 Å². The van der Waals surface area contributed by atoms with Crippen LogP contribution in [0.4, 0.5) is 0 Å². The zero-order valence-corrected chi connectivity index (χ0v) is 19.5. The van der Waals surface area contributed by atoms with Gasteiger partial charge in [-0.2, -0.15) is 0 Å². The molecule has 10 heteroatoms. The average molecular weight is 486 g/mol. The van der Waals surface area contributed by atoms with Crippen LogP contribution >= 0.6 is 11.8 Å². The number of furan rings is 1. The molecular weight excluding hydrogens is 462 g/mol. The quantitative estimate of drug-likeness (QED) is 0.425. The van der Waals surface area contributed by atoms with E-state index in [0.717, 1.165) is 22.7 Å². The molecule has 2 aromatic heterocycles. The molecule has 1 aliphatic heterocycles. The standard InChI is InChI=1S/C24H23NO8S/c1-13(26)30-21-12-34-24(29,23(32-15(3)28)22(21)31-14(2)27)17-8-9-18(25-11-17)20-10-16-6-4-5-7-19(16)33-20/h4-11,21-23,29H,12H2,1-3H3/t21-,22+,23-,24-/m1/s1. The number of carbonyl (C=O) groups excluding carboxylic acids is 3. The van der Waals surface area contributed by atoms with E-state index in [9.17, 15) is 19.5 Å². The van der Waals surface area contributed by atoms with Crippen molar-refractivity contribution in [2.75, 3.05) is 5.75 Å². The van der Waals surface area contributed by atoms with Gasteiger partial charge in [0.2, 0.25) is 0 Å². The van der Waals surface area contributed by atoms with Gasteiger partial charge in [0, 0.05) is 43.7 Å². The first-order chi connectivity index (χ1) is 16.2. The van der Waals surface area contributed by atoms with Gasteiger partial charge in [-0.05, 0) is 18.2 Å². The minimum Gasteiger partial charge on any atom is -0.458 e. The van der Waals surface area contributed by atoms with Gasteiger partial charge in [-0.3, -0.25) is 19.4 Å². The van der Waals surface area contributed by atoms with Gasteiger partial charge in [-0.1, -0.05) is 24.3 Å². The molecule has 1 N–H and O–H groups in total. The van der Waals surface area contributed by atoms with Crippen molar-refractivity contribution in [1.29, 1.82) is 0 Å². The fourth-order valence-corrected chi connectivity index (χ4v) is 5.19. The lowest BCUT2D eigenvalue weighted by molar-refractivity contribution is -0.197. The van der Waals surface area contributed by atoms with Crippen molar-refractivity contribution in [2.24, 2.45) is 0 Å². The lowest BCUT2D eigenvalue weighted by Gasteiger charge is -2.45. The third-order valence-corrected chi connectivity index (χ3v) is 6.69. The predicted molar refractivity (Wildman–Crippen MR) is 122 cm³/mol. The summed E-state index contributed by atoms with van der Waals surface area (Å²) in [5.41, 5.74) is 1.59. The monoisotopic (exact) mass is 485 g/mol.